The van der Waals surface area contributed by atoms with Crippen LogP contribution in [0.4, 0.5) is 14.9 Å². The highest BCUT2D eigenvalue weighted by Gasteiger charge is 2.42. The Morgan fingerprint density at radius 2 is 1.95 bits per heavy atom. The lowest BCUT2D eigenvalue weighted by molar-refractivity contribution is -0.144. The molecule has 1 aromatic rings. The van der Waals surface area contributed by atoms with Gasteiger partial charge < -0.3 is 15.7 Å². The van der Waals surface area contributed by atoms with Gasteiger partial charge in [-0.05, 0) is 31.9 Å². The van der Waals surface area contributed by atoms with Crippen molar-refractivity contribution >= 4 is 17.7 Å². The molecule has 0 aromatic heterocycles. The molecule has 6 heteroatoms. The Hall–Kier alpha value is -2.11. The predicted octanol–water partition coefficient (Wildman–Crippen LogP) is 2.65. The van der Waals surface area contributed by atoms with Crippen molar-refractivity contribution in [3.8, 4) is 0 Å². The van der Waals surface area contributed by atoms with Gasteiger partial charge in [0.2, 0.25) is 0 Å². The Morgan fingerprint density at radius 3 is 2.55 bits per heavy atom. The van der Waals surface area contributed by atoms with Crippen LogP contribution in [-0.4, -0.2) is 22.6 Å². The predicted molar refractivity (Wildman–Crippen MR) is 72.1 cm³/mol. The van der Waals surface area contributed by atoms with Gasteiger partial charge in [-0.1, -0.05) is 18.9 Å². The minimum atomic E-state index is -1.20. The second-order valence-corrected chi connectivity index (χ2v) is 5.09. The van der Waals surface area contributed by atoms with Gasteiger partial charge in [0, 0.05) is 11.3 Å². The molecule has 0 unspecified atom stereocenters. The van der Waals surface area contributed by atoms with E-state index in [9.17, 15) is 19.1 Å². The van der Waals surface area contributed by atoms with Crippen molar-refractivity contribution in [1.29, 1.82) is 0 Å². The molecule has 1 saturated carbocycles. The highest BCUT2D eigenvalue weighted by atomic mass is 19.1. The lowest BCUT2D eigenvalue weighted by Crippen LogP contribution is -2.53. The van der Waals surface area contributed by atoms with Gasteiger partial charge in [0.15, 0.2) is 0 Å². The zero-order valence-corrected chi connectivity index (χ0v) is 11.2. The number of amides is 2. The van der Waals surface area contributed by atoms with Gasteiger partial charge in [-0.3, -0.25) is 0 Å². The van der Waals surface area contributed by atoms with E-state index in [4.69, 9.17) is 0 Å². The first kappa shape index (κ1) is 14.3. The SMILES string of the molecule is Cc1c(F)cccc1NC(=O)NC1(C(=O)O)CCCC1. The van der Waals surface area contributed by atoms with Gasteiger partial charge in [-0.15, -0.1) is 0 Å². The summed E-state index contributed by atoms with van der Waals surface area (Å²) in [5.74, 6) is -1.45. The molecule has 0 bridgehead atoms. The number of carbonyl (C=O) groups excluding carboxylic acids is 1. The molecule has 1 aliphatic rings. The fourth-order valence-corrected chi connectivity index (χ4v) is 2.48. The van der Waals surface area contributed by atoms with Crippen LogP contribution in [0.3, 0.4) is 0 Å². The Labute approximate surface area is 116 Å². The number of rotatable bonds is 3. The van der Waals surface area contributed by atoms with E-state index in [1.807, 2.05) is 0 Å². The summed E-state index contributed by atoms with van der Waals surface area (Å²) in [5.41, 5.74) is -0.551. The molecular formula is C14H17FN2O3. The van der Waals surface area contributed by atoms with Crippen LogP contribution < -0.4 is 10.6 Å². The lowest BCUT2D eigenvalue weighted by atomic mass is 9.98. The van der Waals surface area contributed by atoms with Crippen LogP contribution in [0.1, 0.15) is 31.2 Å². The van der Waals surface area contributed by atoms with Crippen LogP contribution in [0.15, 0.2) is 18.2 Å². The highest BCUT2D eigenvalue weighted by Crippen LogP contribution is 2.30. The Balaban J connectivity index is 2.09. The maximum atomic E-state index is 13.4. The summed E-state index contributed by atoms with van der Waals surface area (Å²) in [6, 6.07) is 3.73. The first-order valence-corrected chi connectivity index (χ1v) is 6.52. The van der Waals surface area contributed by atoms with Crippen molar-refractivity contribution in [2.45, 2.75) is 38.1 Å². The Bertz CT molecular complexity index is 539. The summed E-state index contributed by atoms with van der Waals surface area (Å²) in [5, 5.41) is 14.3. The van der Waals surface area contributed by atoms with Gasteiger partial charge in [0.25, 0.3) is 0 Å². The molecular weight excluding hydrogens is 263 g/mol. The largest absolute Gasteiger partial charge is 0.480 e. The number of carboxylic acids is 1. The summed E-state index contributed by atoms with van der Waals surface area (Å²) in [6.45, 7) is 1.55. The van der Waals surface area contributed by atoms with Gasteiger partial charge in [0.1, 0.15) is 11.4 Å². The highest BCUT2D eigenvalue weighted by molar-refractivity contribution is 5.94. The molecule has 2 amide bonds. The number of halogens is 1. The third-order valence-corrected chi connectivity index (χ3v) is 3.74. The van der Waals surface area contributed by atoms with Crippen molar-refractivity contribution in [1.82, 2.24) is 5.32 Å². The average molecular weight is 280 g/mol. The van der Waals surface area contributed by atoms with E-state index >= 15 is 0 Å². The molecule has 1 aliphatic carbocycles. The van der Waals surface area contributed by atoms with Crippen molar-refractivity contribution in [2.75, 3.05) is 5.32 Å². The van der Waals surface area contributed by atoms with E-state index in [2.05, 4.69) is 10.6 Å². The van der Waals surface area contributed by atoms with Crippen LogP contribution in [0.2, 0.25) is 0 Å². The third-order valence-electron chi connectivity index (χ3n) is 3.74. The second-order valence-electron chi connectivity index (χ2n) is 5.09. The zero-order valence-electron chi connectivity index (χ0n) is 11.2. The third kappa shape index (κ3) is 2.74. The molecule has 0 aliphatic heterocycles. The summed E-state index contributed by atoms with van der Waals surface area (Å²) in [4.78, 5) is 23.3. The zero-order chi connectivity index (χ0) is 14.8. The standard InChI is InChI=1S/C14H17FN2O3/c1-9-10(15)5-4-6-11(9)16-13(20)17-14(12(18)19)7-2-3-8-14/h4-6H,2-3,7-8H2,1H3,(H,18,19)(H2,16,17,20). The fraction of sp³-hybridized carbons (Fsp3) is 0.429. The van der Waals surface area contributed by atoms with Crippen LogP contribution >= 0.6 is 0 Å². The molecule has 0 atom stereocenters. The van der Waals surface area contributed by atoms with Gasteiger partial charge in [0.05, 0.1) is 0 Å². The summed E-state index contributed by atoms with van der Waals surface area (Å²) >= 11 is 0. The number of hydrogen-bond acceptors (Lipinski definition) is 2. The van der Waals surface area contributed by atoms with Crippen LogP contribution in [-0.2, 0) is 4.79 Å². The second kappa shape index (κ2) is 5.48. The molecule has 0 saturated heterocycles. The first-order valence-electron chi connectivity index (χ1n) is 6.52. The van der Waals surface area contributed by atoms with Crippen LogP contribution in [0.25, 0.3) is 0 Å². The molecule has 20 heavy (non-hydrogen) atoms. The molecule has 108 valence electrons. The Morgan fingerprint density at radius 1 is 1.30 bits per heavy atom. The van der Waals surface area contributed by atoms with Gasteiger partial charge >= 0.3 is 12.0 Å². The summed E-state index contributed by atoms with van der Waals surface area (Å²) in [6.07, 6.45) is 2.37. The Kier molecular flexibility index (Phi) is 3.92. The molecule has 1 fully saturated rings. The maximum absolute atomic E-state index is 13.4. The first-order chi connectivity index (χ1) is 9.44. The quantitative estimate of drug-likeness (QED) is 0.796. The number of hydrogen-bond donors (Lipinski definition) is 3. The number of carboxylic acid groups (broad SMARTS) is 1. The summed E-state index contributed by atoms with van der Waals surface area (Å²) in [7, 11) is 0. The smallest absolute Gasteiger partial charge is 0.329 e. The van der Waals surface area contributed by atoms with E-state index in [0.29, 0.717) is 24.1 Å². The van der Waals surface area contributed by atoms with Crippen LogP contribution in [0.5, 0.6) is 0 Å². The minimum absolute atomic E-state index is 0.318. The molecule has 1 aromatic carbocycles. The number of benzene rings is 1. The molecule has 0 spiro atoms. The van der Waals surface area contributed by atoms with Crippen molar-refractivity contribution in [3.63, 3.8) is 0 Å². The number of carbonyl (C=O) groups is 2. The maximum Gasteiger partial charge on any atom is 0.329 e. The molecule has 3 N–H and O–H groups in total. The van der Waals surface area contributed by atoms with Gasteiger partial charge in [-0.2, -0.15) is 0 Å². The minimum Gasteiger partial charge on any atom is -0.480 e. The number of anilines is 1. The molecule has 2 rings (SSSR count). The lowest BCUT2D eigenvalue weighted by Gasteiger charge is -2.25. The van der Waals surface area contributed by atoms with Crippen molar-refractivity contribution in [2.24, 2.45) is 0 Å². The van der Waals surface area contributed by atoms with Crippen molar-refractivity contribution < 1.29 is 19.1 Å². The number of nitrogens with one attached hydrogen (secondary N) is 2. The van der Waals surface area contributed by atoms with Crippen LogP contribution in [0, 0.1) is 12.7 Å². The van der Waals surface area contributed by atoms with E-state index in [0.717, 1.165) is 12.8 Å². The summed E-state index contributed by atoms with van der Waals surface area (Å²) < 4.78 is 13.4. The molecule has 0 heterocycles. The number of urea groups is 1. The normalized spacial score (nSPS) is 16.7. The monoisotopic (exact) mass is 280 g/mol. The molecule has 5 nitrogen and oxygen atoms in total. The average Bonchev–Trinajstić information content (AvgIpc) is 2.85. The fourth-order valence-electron chi connectivity index (χ4n) is 2.48. The van der Waals surface area contributed by atoms with E-state index in [1.54, 1.807) is 13.0 Å². The van der Waals surface area contributed by atoms with Gasteiger partial charge in [-0.25, -0.2) is 14.0 Å². The number of aliphatic carboxylic acids is 1. The van der Waals surface area contributed by atoms with E-state index in [1.165, 1.54) is 12.1 Å². The van der Waals surface area contributed by atoms with Crippen molar-refractivity contribution in [3.05, 3.63) is 29.6 Å². The topological polar surface area (TPSA) is 78.4 Å². The van der Waals surface area contributed by atoms with E-state index < -0.39 is 23.4 Å². The molecule has 0 radical (unpaired) electrons. The van der Waals surface area contributed by atoms with E-state index in [-0.39, 0.29) is 0 Å².